The summed E-state index contributed by atoms with van der Waals surface area (Å²) < 4.78 is 2.00. The van der Waals surface area contributed by atoms with Crippen LogP contribution in [0, 0.1) is 25.2 Å². The van der Waals surface area contributed by atoms with Crippen molar-refractivity contribution in [3.63, 3.8) is 0 Å². The Morgan fingerprint density at radius 1 is 1.27 bits per heavy atom. The second-order valence-corrected chi connectivity index (χ2v) is 9.49. The minimum Gasteiger partial charge on any atom is -0.396 e. The molecule has 0 unspecified atom stereocenters. The first kappa shape index (κ1) is 23.6. The van der Waals surface area contributed by atoms with E-state index < -0.39 is 0 Å². The number of amides is 1. The molecule has 5 nitrogen and oxygen atoms in total. The molecule has 172 valence electrons. The molecule has 2 heterocycles. The van der Waals surface area contributed by atoms with Crippen LogP contribution in [0.3, 0.4) is 0 Å². The number of hydrogen-bond donors (Lipinski definition) is 1. The summed E-state index contributed by atoms with van der Waals surface area (Å²) in [4.78, 5) is 19.9. The zero-order chi connectivity index (χ0) is 23.7. The number of aliphatic hydroxyl groups is 1. The van der Waals surface area contributed by atoms with Crippen molar-refractivity contribution in [2.75, 3.05) is 19.7 Å². The molecule has 0 spiro atoms. The molecular formula is C26H27Cl2N3O2. The van der Waals surface area contributed by atoms with E-state index in [1.54, 1.807) is 12.1 Å². The van der Waals surface area contributed by atoms with Gasteiger partial charge in [-0.3, -0.25) is 4.79 Å². The van der Waals surface area contributed by atoms with Gasteiger partial charge in [-0.2, -0.15) is 0 Å². The molecule has 1 aliphatic heterocycles. The van der Waals surface area contributed by atoms with Crippen molar-refractivity contribution in [1.82, 2.24) is 14.5 Å². The number of aromatic nitrogens is 2. The predicted molar refractivity (Wildman–Crippen MR) is 133 cm³/mol. The van der Waals surface area contributed by atoms with Gasteiger partial charge in [0.15, 0.2) is 0 Å². The van der Waals surface area contributed by atoms with Gasteiger partial charge in [-0.15, -0.1) is 6.42 Å². The number of piperidine rings is 1. The van der Waals surface area contributed by atoms with E-state index in [-0.39, 0.29) is 12.5 Å². The fourth-order valence-corrected chi connectivity index (χ4v) is 5.19. The maximum Gasteiger partial charge on any atom is 0.255 e. The number of aliphatic hydroxyl groups excluding tert-OH is 1. The van der Waals surface area contributed by atoms with Crippen LogP contribution in [0.2, 0.25) is 10.0 Å². The van der Waals surface area contributed by atoms with E-state index in [0.717, 1.165) is 47.2 Å². The van der Waals surface area contributed by atoms with Crippen molar-refractivity contribution in [3.8, 4) is 12.3 Å². The van der Waals surface area contributed by atoms with Gasteiger partial charge >= 0.3 is 0 Å². The second-order valence-electron chi connectivity index (χ2n) is 8.70. The lowest BCUT2D eigenvalue weighted by molar-refractivity contribution is 0.0678. The second kappa shape index (κ2) is 9.77. The highest BCUT2D eigenvalue weighted by Crippen LogP contribution is 2.33. The molecule has 1 fully saturated rings. The summed E-state index contributed by atoms with van der Waals surface area (Å²) in [7, 11) is 1.94. The number of nitrogens with zero attached hydrogens (tertiary/aromatic N) is 3. The third kappa shape index (κ3) is 4.61. The number of imidazole rings is 1. The van der Waals surface area contributed by atoms with Gasteiger partial charge in [-0.25, -0.2) is 4.98 Å². The quantitative estimate of drug-likeness (QED) is 0.519. The molecule has 0 atom stereocenters. The zero-order valence-electron chi connectivity index (χ0n) is 18.9. The van der Waals surface area contributed by atoms with Crippen molar-refractivity contribution < 1.29 is 9.90 Å². The minimum atomic E-state index is -0.0835. The predicted octanol–water partition coefficient (Wildman–Crippen LogP) is 5.00. The van der Waals surface area contributed by atoms with Crippen molar-refractivity contribution in [1.29, 1.82) is 0 Å². The average molecular weight is 484 g/mol. The number of aryl methyl sites for hydroxylation is 2. The molecular weight excluding hydrogens is 457 g/mol. The topological polar surface area (TPSA) is 58.4 Å². The number of fused-ring (bicyclic) bond motifs is 1. The van der Waals surface area contributed by atoms with E-state index >= 15 is 0 Å². The largest absolute Gasteiger partial charge is 0.396 e. The summed E-state index contributed by atoms with van der Waals surface area (Å²) in [5.41, 5.74) is 4.79. The summed E-state index contributed by atoms with van der Waals surface area (Å²) in [5, 5.41) is 10.0. The van der Waals surface area contributed by atoms with Gasteiger partial charge in [0.1, 0.15) is 5.82 Å². The summed E-state index contributed by atoms with van der Waals surface area (Å²) in [6.45, 7) is 3.51. The lowest BCUT2D eigenvalue weighted by atomic mass is 9.93. The number of benzene rings is 2. The van der Waals surface area contributed by atoms with Crippen LogP contribution in [0.1, 0.15) is 52.1 Å². The van der Waals surface area contributed by atoms with Crippen LogP contribution >= 0.6 is 23.2 Å². The number of carbonyl (C=O) groups excluding carboxylic acids is 1. The van der Waals surface area contributed by atoms with Crippen molar-refractivity contribution in [3.05, 3.63) is 62.4 Å². The molecule has 3 aromatic rings. The molecule has 7 heteroatoms. The number of halogens is 2. The molecule has 1 amide bonds. The lowest BCUT2D eigenvalue weighted by Crippen LogP contribution is -2.38. The van der Waals surface area contributed by atoms with Crippen LogP contribution < -0.4 is 0 Å². The van der Waals surface area contributed by atoms with Gasteiger partial charge < -0.3 is 14.6 Å². The Labute approximate surface area is 204 Å². The molecule has 2 aromatic carbocycles. The van der Waals surface area contributed by atoms with Crippen molar-refractivity contribution in [2.24, 2.45) is 13.0 Å². The number of hydrogen-bond acceptors (Lipinski definition) is 3. The number of likely N-dealkylation sites (tertiary alicyclic amines) is 1. The Kier molecular flexibility index (Phi) is 6.99. The Morgan fingerprint density at radius 2 is 2.00 bits per heavy atom. The Balaban J connectivity index is 1.63. The molecule has 1 saturated heterocycles. The standard InChI is InChI=1S/C26H27Cl2N3O2/c1-4-17-13-16(2)25-22(14-17)30(3)23(29-25)15-20-21(27)6-5-19(24(20)28)26(33)31-10-7-18(8-11-31)9-12-32/h1,5-6,13-14,18,32H,7-12,15H2,2-3H3. The van der Waals surface area contributed by atoms with Gasteiger partial charge in [0.05, 0.1) is 21.6 Å². The first-order valence-corrected chi connectivity index (χ1v) is 11.9. The average Bonchev–Trinajstić information content (AvgIpc) is 3.13. The number of rotatable bonds is 5. The van der Waals surface area contributed by atoms with Gasteiger partial charge in [-0.05, 0) is 67.5 Å². The molecule has 0 radical (unpaired) electrons. The Hall–Kier alpha value is -2.52. The highest BCUT2D eigenvalue weighted by Gasteiger charge is 2.26. The highest BCUT2D eigenvalue weighted by atomic mass is 35.5. The molecule has 0 aliphatic carbocycles. The maximum atomic E-state index is 13.2. The first-order chi connectivity index (χ1) is 15.8. The van der Waals surface area contributed by atoms with E-state index in [1.165, 1.54) is 0 Å². The SMILES string of the molecule is C#Cc1cc(C)c2nc(Cc3c(Cl)ccc(C(=O)N4CCC(CCO)CC4)c3Cl)n(C)c2c1. The summed E-state index contributed by atoms with van der Waals surface area (Å²) in [6, 6.07) is 7.33. The molecule has 33 heavy (non-hydrogen) atoms. The molecule has 1 aromatic heterocycles. The van der Waals surface area contributed by atoms with E-state index in [2.05, 4.69) is 5.92 Å². The molecule has 0 bridgehead atoms. The van der Waals surface area contributed by atoms with Crippen LogP contribution in [0.25, 0.3) is 11.0 Å². The van der Waals surface area contributed by atoms with Crippen LogP contribution in [-0.2, 0) is 13.5 Å². The third-order valence-electron chi connectivity index (χ3n) is 6.63. The fraction of sp³-hybridized carbons (Fsp3) is 0.385. The van der Waals surface area contributed by atoms with Gasteiger partial charge in [0.25, 0.3) is 5.91 Å². The zero-order valence-corrected chi connectivity index (χ0v) is 20.4. The summed E-state index contributed by atoms with van der Waals surface area (Å²) in [6.07, 6.45) is 8.56. The fourth-order valence-electron chi connectivity index (χ4n) is 4.61. The summed E-state index contributed by atoms with van der Waals surface area (Å²) >= 11 is 13.3. The Bertz CT molecular complexity index is 1250. The minimum absolute atomic E-state index is 0.0835. The van der Waals surface area contributed by atoms with Crippen molar-refractivity contribution in [2.45, 2.75) is 32.6 Å². The van der Waals surface area contributed by atoms with Gasteiger partial charge in [-0.1, -0.05) is 29.1 Å². The first-order valence-electron chi connectivity index (χ1n) is 11.1. The van der Waals surface area contributed by atoms with E-state index in [1.807, 2.05) is 35.6 Å². The number of terminal acetylenes is 1. The molecule has 4 rings (SSSR count). The Morgan fingerprint density at radius 3 is 2.67 bits per heavy atom. The highest BCUT2D eigenvalue weighted by molar-refractivity contribution is 6.38. The van der Waals surface area contributed by atoms with E-state index in [4.69, 9.17) is 39.7 Å². The maximum absolute atomic E-state index is 13.2. The lowest BCUT2D eigenvalue weighted by Gasteiger charge is -2.32. The van der Waals surface area contributed by atoms with Crippen LogP contribution in [0.4, 0.5) is 0 Å². The van der Waals surface area contributed by atoms with E-state index in [9.17, 15) is 4.79 Å². The van der Waals surface area contributed by atoms with E-state index in [0.29, 0.717) is 46.6 Å². The van der Waals surface area contributed by atoms with Gasteiger partial charge in [0, 0.05) is 43.8 Å². The third-order valence-corrected chi connectivity index (χ3v) is 7.41. The smallest absolute Gasteiger partial charge is 0.255 e. The van der Waals surface area contributed by atoms with Crippen molar-refractivity contribution >= 4 is 40.1 Å². The van der Waals surface area contributed by atoms with Crippen LogP contribution in [-0.4, -0.2) is 45.2 Å². The van der Waals surface area contributed by atoms with Gasteiger partial charge in [0.2, 0.25) is 0 Å². The summed E-state index contributed by atoms with van der Waals surface area (Å²) in [5.74, 6) is 3.86. The van der Waals surface area contributed by atoms with Crippen LogP contribution in [0.15, 0.2) is 24.3 Å². The monoisotopic (exact) mass is 483 g/mol. The molecule has 0 saturated carbocycles. The number of carbonyl (C=O) groups is 1. The normalized spacial score (nSPS) is 14.6. The van der Waals surface area contributed by atoms with Crippen LogP contribution in [0.5, 0.6) is 0 Å². The molecule has 1 aliphatic rings. The molecule has 1 N–H and O–H groups in total.